The van der Waals surface area contributed by atoms with Crippen LogP contribution in [0, 0.1) is 5.92 Å². The van der Waals surface area contributed by atoms with Crippen LogP contribution >= 0.6 is 11.8 Å². The van der Waals surface area contributed by atoms with Crippen LogP contribution in [0.2, 0.25) is 0 Å². The highest BCUT2D eigenvalue weighted by Gasteiger charge is 2.26. The quantitative estimate of drug-likeness (QED) is 0.855. The monoisotopic (exact) mass is 301 g/mol. The van der Waals surface area contributed by atoms with E-state index in [0.29, 0.717) is 16.7 Å². The molecule has 3 rings (SSSR count). The van der Waals surface area contributed by atoms with E-state index in [-0.39, 0.29) is 5.91 Å². The highest BCUT2D eigenvalue weighted by Crippen LogP contribution is 2.26. The number of carbonyl (C=O) groups is 1. The fourth-order valence-corrected chi connectivity index (χ4v) is 3.84. The minimum atomic E-state index is 0.105. The van der Waals surface area contributed by atoms with Crippen LogP contribution in [0.1, 0.15) is 24.2 Å². The number of fused-ring (bicyclic) bond motifs is 1. The summed E-state index contributed by atoms with van der Waals surface area (Å²) in [5.74, 6) is 1.71. The normalized spacial score (nSPS) is 19.2. The number of thioether (sulfide) groups is 1. The number of carbonyl (C=O) groups excluding carboxylic acids is 1. The maximum atomic E-state index is 12.7. The molecule has 110 valence electrons. The topological polar surface area (TPSA) is 46.1 Å². The fraction of sp³-hybridized carbons (Fsp3) is 0.438. The van der Waals surface area contributed by atoms with E-state index in [0.717, 1.165) is 29.9 Å². The molecule has 1 atom stereocenters. The van der Waals surface area contributed by atoms with E-state index in [1.807, 2.05) is 34.9 Å². The van der Waals surface area contributed by atoms with Gasteiger partial charge in [0, 0.05) is 42.0 Å². The van der Waals surface area contributed by atoms with Gasteiger partial charge in [-0.25, -0.2) is 0 Å². The Balaban J connectivity index is 1.82. The Morgan fingerprint density at radius 3 is 2.81 bits per heavy atom. The summed E-state index contributed by atoms with van der Waals surface area (Å²) in [5, 5.41) is 0.531. The van der Waals surface area contributed by atoms with Crippen molar-refractivity contribution in [1.82, 2.24) is 14.9 Å². The molecule has 5 heteroatoms. The van der Waals surface area contributed by atoms with Crippen LogP contribution in [-0.2, 0) is 0 Å². The molecule has 4 nitrogen and oxygen atoms in total. The lowest BCUT2D eigenvalue weighted by atomic mass is 10.1. The minimum absolute atomic E-state index is 0.105. The molecule has 0 aliphatic carbocycles. The Labute approximate surface area is 129 Å². The molecule has 21 heavy (non-hydrogen) atoms. The molecule has 2 heterocycles. The Bertz CT molecular complexity index is 659. The van der Waals surface area contributed by atoms with Gasteiger partial charge in [0.25, 0.3) is 5.91 Å². The number of hydrogen-bond acceptors (Lipinski definition) is 4. The van der Waals surface area contributed by atoms with Gasteiger partial charge in [-0.1, -0.05) is 13.8 Å². The molecule has 1 aliphatic rings. The SMILES string of the molecule is CC(C)[C@H]1CN(C(=O)c2ccc3nccnc3c2)CCS1. The molecule has 1 aliphatic heterocycles. The second kappa shape index (κ2) is 6.02. The number of hydrogen-bond donors (Lipinski definition) is 0. The second-order valence-electron chi connectivity index (χ2n) is 5.66. The number of rotatable bonds is 2. The van der Waals surface area contributed by atoms with Gasteiger partial charge in [0.05, 0.1) is 11.0 Å². The summed E-state index contributed by atoms with van der Waals surface area (Å²) < 4.78 is 0. The standard InChI is InChI=1S/C16H19N3OS/c1-11(2)15-10-19(7-8-21-15)16(20)12-3-4-13-14(9-12)18-6-5-17-13/h3-6,9,11,15H,7-8,10H2,1-2H3/t15-/m1/s1. The van der Waals surface area contributed by atoms with Gasteiger partial charge in [0.2, 0.25) is 0 Å². The van der Waals surface area contributed by atoms with Crippen LogP contribution in [0.25, 0.3) is 11.0 Å². The van der Waals surface area contributed by atoms with Crippen molar-refractivity contribution in [1.29, 1.82) is 0 Å². The molecular weight excluding hydrogens is 282 g/mol. The summed E-state index contributed by atoms with van der Waals surface area (Å²) in [6, 6.07) is 5.57. The zero-order valence-electron chi connectivity index (χ0n) is 12.3. The Morgan fingerprint density at radius 1 is 1.29 bits per heavy atom. The molecule has 1 fully saturated rings. The van der Waals surface area contributed by atoms with Crippen molar-refractivity contribution in [2.24, 2.45) is 5.92 Å². The first-order valence-electron chi connectivity index (χ1n) is 7.27. The van der Waals surface area contributed by atoms with Gasteiger partial charge < -0.3 is 4.90 Å². The zero-order chi connectivity index (χ0) is 14.8. The molecule has 2 aromatic rings. The molecule has 1 aromatic heterocycles. The molecule has 0 radical (unpaired) electrons. The fourth-order valence-electron chi connectivity index (χ4n) is 2.54. The lowest BCUT2D eigenvalue weighted by Crippen LogP contribution is -2.43. The average molecular weight is 301 g/mol. The lowest BCUT2D eigenvalue weighted by molar-refractivity contribution is 0.0756. The van der Waals surface area contributed by atoms with E-state index in [1.165, 1.54) is 0 Å². The third-order valence-corrected chi connectivity index (χ3v) is 5.38. The third kappa shape index (κ3) is 3.02. The first-order valence-corrected chi connectivity index (χ1v) is 8.31. The van der Waals surface area contributed by atoms with Crippen LogP contribution in [-0.4, -0.2) is 44.9 Å². The predicted octanol–water partition coefficient (Wildman–Crippen LogP) is 2.84. The molecule has 1 amide bonds. The summed E-state index contributed by atoms with van der Waals surface area (Å²) in [6.07, 6.45) is 3.32. The molecule has 1 saturated heterocycles. The van der Waals surface area contributed by atoms with Crippen LogP contribution in [0.4, 0.5) is 0 Å². The summed E-state index contributed by atoms with van der Waals surface area (Å²) in [6.45, 7) is 6.10. The molecule has 0 spiro atoms. The highest BCUT2D eigenvalue weighted by molar-refractivity contribution is 8.00. The van der Waals surface area contributed by atoms with Crippen LogP contribution in [0.3, 0.4) is 0 Å². The number of nitrogens with zero attached hydrogens (tertiary/aromatic N) is 3. The van der Waals surface area contributed by atoms with Crippen molar-refractivity contribution in [3.63, 3.8) is 0 Å². The van der Waals surface area contributed by atoms with Gasteiger partial charge in [-0.15, -0.1) is 0 Å². The lowest BCUT2D eigenvalue weighted by Gasteiger charge is -2.34. The Kier molecular flexibility index (Phi) is 4.10. The zero-order valence-corrected chi connectivity index (χ0v) is 13.1. The summed E-state index contributed by atoms with van der Waals surface area (Å²) >= 11 is 1.97. The van der Waals surface area contributed by atoms with Crippen molar-refractivity contribution < 1.29 is 4.79 Å². The van der Waals surface area contributed by atoms with E-state index >= 15 is 0 Å². The molecule has 0 N–H and O–H groups in total. The number of benzene rings is 1. The van der Waals surface area contributed by atoms with Gasteiger partial charge >= 0.3 is 0 Å². The van der Waals surface area contributed by atoms with Gasteiger partial charge in [-0.05, 0) is 24.1 Å². The smallest absolute Gasteiger partial charge is 0.253 e. The van der Waals surface area contributed by atoms with Crippen molar-refractivity contribution in [3.05, 3.63) is 36.2 Å². The average Bonchev–Trinajstić information content (AvgIpc) is 2.53. The highest BCUT2D eigenvalue weighted by atomic mass is 32.2. The van der Waals surface area contributed by atoms with Crippen molar-refractivity contribution >= 4 is 28.7 Å². The van der Waals surface area contributed by atoms with Gasteiger partial charge in [0.1, 0.15) is 0 Å². The van der Waals surface area contributed by atoms with Crippen LogP contribution in [0.15, 0.2) is 30.6 Å². The van der Waals surface area contributed by atoms with Crippen LogP contribution in [0.5, 0.6) is 0 Å². The number of aromatic nitrogens is 2. The van der Waals surface area contributed by atoms with Crippen molar-refractivity contribution in [2.45, 2.75) is 19.1 Å². The predicted molar refractivity (Wildman–Crippen MR) is 86.5 cm³/mol. The van der Waals surface area contributed by atoms with E-state index in [4.69, 9.17) is 0 Å². The van der Waals surface area contributed by atoms with E-state index in [9.17, 15) is 4.79 Å². The maximum absolute atomic E-state index is 12.7. The van der Waals surface area contributed by atoms with E-state index < -0.39 is 0 Å². The first kappa shape index (κ1) is 14.3. The van der Waals surface area contributed by atoms with E-state index in [1.54, 1.807) is 12.4 Å². The third-order valence-electron chi connectivity index (χ3n) is 3.84. The molecule has 0 bridgehead atoms. The summed E-state index contributed by atoms with van der Waals surface area (Å²) in [5.41, 5.74) is 2.30. The molecule has 0 saturated carbocycles. The molecular formula is C16H19N3OS. The molecule has 1 aromatic carbocycles. The molecule has 0 unspecified atom stereocenters. The van der Waals surface area contributed by atoms with Gasteiger partial charge in [-0.3, -0.25) is 14.8 Å². The second-order valence-corrected chi connectivity index (χ2v) is 7.01. The van der Waals surface area contributed by atoms with Gasteiger partial charge in [-0.2, -0.15) is 11.8 Å². The number of amides is 1. The summed E-state index contributed by atoms with van der Waals surface area (Å²) in [4.78, 5) is 23.2. The van der Waals surface area contributed by atoms with Gasteiger partial charge in [0.15, 0.2) is 0 Å². The Morgan fingerprint density at radius 2 is 2.05 bits per heavy atom. The van der Waals surface area contributed by atoms with Crippen molar-refractivity contribution in [2.75, 3.05) is 18.8 Å². The Hall–Kier alpha value is -1.62. The largest absolute Gasteiger partial charge is 0.337 e. The van der Waals surface area contributed by atoms with E-state index in [2.05, 4.69) is 23.8 Å². The van der Waals surface area contributed by atoms with Crippen molar-refractivity contribution in [3.8, 4) is 0 Å². The summed E-state index contributed by atoms with van der Waals surface area (Å²) in [7, 11) is 0. The maximum Gasteiger partial charge on any atom is 0.253 e. The minimum Gasteiger partial charge on any atom is -0.337 e. The van der Waals surface area contributed by atoms with Crippen LogP contribution < -0.4 is 0 Å². The first-order chi connectivity index (χ1) is 10.1.